The summed E-state index contributed by atoms with van der Waals surface area (Å²) in [6.07, 6.45) is 3.40. The van der Waals surface area contributed by atoms with Crippen LogP contribution in [0.15, 0.2) is 29.2 Å². The predicted molar refractivity (Wildman–Crippen MR) is 82.7 cm³/mol. The monoisotopic (exact) mass is 300 g/mol. The molecular weight excluding hydrogens is 280 g/mol. The van der Waals surface area contributed by atoms with Crippen molar-refractivity contribution in [2.24, 2.45) is 5.73 Å². The van der Waals surface area contributed by atoms with Crippen LogP contribution in [0.1, 0.15) is 25.7 Å². The highest BCUT2D eigenvalue weighted by atomic mass is 35.5. The van der Waals surface area contributed by atoms with Crippen molar-refractivity contribution in [3.63, 3.8) is 0 Å². The molecule has 0 saturated heterocycles. The number of nitrogens with one attached hydrogen (secondary N) is 1. The second-order valence-corrected chi connectivity index (χ2v) is 5.86. The zero-order chi connectivity index (χ0) is 13.9. The molecule has 0 saturated carbocycles. The van der Waals surface area contributed by atoms with E-state index >= 15 is 0 Å². The van der Waals surface area contributed by atoms with Crippen LogP contribution >= 0.6 is 23.4 Å². The van der Waals surface area contributed by atoms with E-state index in [1.807, 2.05) is 24.3 Å². The lowest BCUT2D eigenvalue weighted by atomic mass is 10.3. The van der Waals surface area contributed by atoms with Crippen molar-refractivity contribution in [2.45, 2.75) is 30.6 Å². The first-order valence-corrected chi connectivity index (χ1v) is 7.94. The molecule has 0 aliphatic carbocycles. The molecular formula is C14H21ClN2OS. The molecule has 0 spiro atoms. The van der Waals surface area contributed by atoms with E-state index < -0.39 is 0 Å². The summed E-state index contributed by atoms with van der Waals surface area (Å²) < 4.78 is 0. The van der Waals surface area contributed by atoms with Gasteiger partial charge in [-0.05, 0) is 55.8 Å². The fraction of sp³-hybridized carbons (Fsp3) is 0.500. The Labute approximate surface area is 124 Å². The third kappa shape index (κ3) is 8.14. The topological polar surface area (TPSA) is 55.1 Å². The maximum Gasteiger partial charge on any atom is 0.220 e. The Bertz CT molecular complexity index is 370. The second-order valence-electron chi connectivity index (χ2n) is 4.25. The molecule has 19 heavy (non-hydrogen) atoms. The molecule has 1 rings (SSSR count). The number of hydrogen-bond donors (Lipinski definition) is 2. The predicted octanol–water partition coefficient (Wildman–Crippen LogP) is 3.07. The van der Waals surface area contributed by atoms with Gasteiger partial charge in [-0.1, -0.05) is 11.6 Å². The smallest absolute Gasteiger partial charge is 0.220 e. The highest BCUT2D eigenvalue weighted by Gasteiger charge is 2.01. The average Bonchev–Trinajstić information content (AvgIpc) is 2.42. The fourth-order valence-corrected chi connectivity index (χ4v) is 2.52. The summed E-state index contributed by atoms with van der Waals surface area (Å²) in [5, 5.41) is 3.65. The number of carbonyl (C=O) groups excluding carboxylic acids is 1. The van der Waals surface area contributed by atoms with Crippen molar-refractivity contribution in [1.82, 2.24) is 5.32 Å². The molecule has 0 unspecified atom stereocenters. The Kier molecular flexibility index (Phi) is 8.71. The minimum atomic E-state index is 0.133. The van der Waals surface area contributed by atoms with E-state index in [0.717, 1.165) is 36.6 Å². The van der Waals surface area contributed by atoms with Gasteiger partial charge < -0.3 is 11.1 Å². The Morgan fingerprint density at radius 3 is 2.63 bits per heavy atom. The first-order valence-electron chi connectivity index (χ1n) is 6.57. The number of benzene rings is 1. The van der Waals surface area contributed by atoms with Gasteiger partial charge in [-0.3, -0.25) is 4.79 Å². The number of unbranched alkanes of at least 4 members (excludes halogenated alkanes) is 1. The van der Waals surface area contributed by atoms with Crippen LogP contribution in [0.25, 0.3) is 0 Å². The molecule has 1 aromatic rings. The number of nitrogens with two attached hydrogens (primary N) is 1. The molecule has 1 aromatic carbocycles. The molecule has 0 aliphatic heterocycles. The van der Waals surface area contributed by atoms with Crippen LogP contribution in [-0.2, 0) is 4.79 Å². The summed E-state index contributed by atoms with van der Waals surface area (Å²) in [5.41, 5.74) is 5.38. The van der Waals surface area contributed by atoms with Crippen molar-refractivity contribution in [3.8, 4) is 0 Å². The van der Waals surface area contributed by atoms with Crippen LogP contribution in [0.5, 0.6) is 0 Å². The second kappa shape index (κ2) is 10.1. The first-order chi connectivity index (χ1) is 9.22. The molecule has 5 heteroatoms. The summed E-state index contributed by atoms with van der Waals surface area (Å²) in [4.78, 5) is 12.7. The van der Waals surface area contributed by atoms with Crippen molar-refractivity contribution in [1.29, 1.82) is 0 Å². The highest BCUT2D eigenvalue weighted by molar-refractivity contribution is 7.99. The van der Waals surface area contributed by atoms with Gasteiger partial charge in [-0.15, -0.1) is 11.8 Å². The van der Waals surface area contributed by atoms with Gasteiger partial charge in [0.05, 0.1) is 0 Å². The number of thioether (sulfide) groups is 1. The molecule has 0 aliphatic rings. The minimum Gasteiger partial charge on any atom is -0.356 e. The Hall–Kier alpha value is -0.710. The van der Waals surface area contributed by atoms with Crippen LogP contribution in [-0.4, -0.2) is 24.7 Å². The maximum absolute atomic E-state index is 11.5. The number of hydrogen-bond acceptors (Lipinski definition) is 3. The quantitative estimate of drug-likeness (QED) is 0.544. The lowest BCUT2D eigenvalue weighted by molar-refractivity contribution is -0.121. The lowest BCUT2D eigenvalue weighted by Gasteiger charge is -2.05. The van der Waals surface area contributed by atoms with E-state index in [0.29, 0.717) is 13.0 Å². The molecule has 0 atom stereocenters. The van der Waals surface area contributed by atoms with Gasteiger partial charge in [0.1, 0.15) is 0 Å². The van der Waals surface area contributed by atoms with Crippen LogP contribution in [0.3, 0.4) is 0 Å². The lowest BCUT2D eigenvalue weighted by Crippen LogP contribution is -2.24. The molecule has 0 heterocycles. The van der Waals surface area contributed by atoms with E-state index in [9.17, 15) is 4.79 Å². The number of rotatable bonds is 9. The third-order valence-corrected chi connectivity index (χ3v) is 3.93. The van der Waals surface area contributed by atoms with E-state index in [1.165, 1.54) is 4.90 Å². The van der Waals surface area contributed by atoms with Gasteiger partial charge >= 0.3 is 0 Å². The minimum absolute atomic E-state index is 0.133. The van der Waals surface area contributed by atoms with Crippen molar-refractivity contribution in [2.75, 3.05) is 18.8 Å². The van der Waals surface area contributed by atoms with Gasteiger partial charge in [0.25, 0.3) is 0 Å². The van der Waals surface area contributed by atoms with Gasteiger partial charge in [0.15, 0.2) is 0 Å². The van der Waals surface area contributed by atoms with Crippen LogP contribution in [0.2, 0.25) is 5.02 Å². The fourth-order valence-electron chi connectivity index (χ4n) is 1.54. The normalized spacial score (nSPS) is 10.4. The number of carbonyl (C=O) groups is 1. The molecule has 0 bridgehead atoms. The van der Waals surface area contributed by atoms with Gasteiger partial charge in [-0.2, -0.15) is 0 Å². The average molecular weight is 301 g/mol. The summed E-state index contributed by atoms with van der Waals surface area (Å²) in [5.74, 6) is 1.08. The third-order valence-electron chi connectivity index (χ3n) is 2.58. The SMILES string of the molecule is NCCCCNC(=O)CCCSc1ccc(Cl)cc1. The zero-order valence-corrected chi connectivity index (χ0v) is 12.6. The van der Waals surface area contributed by atoms with E-state index in [-0.39, 0.29) is 5.91 Å². The van der Waals surface area contributed by atoms with Crippen LogP contribution in [0.4, 0.5) is 0 Å². The maximum atomic E-state index is 11.5. The van der Waals surface area contributed by atoms with E-state index in [4.69, 9.17) is 17.3 Å². The Morgan fingerprint density at radius 1 is 1.21 bits per heavy atom. The molecule has 0 fully saturated rings. The van der Waals surface area contributed by atoms with Crippen LogP contribution < -0.4 is 11.1 Å². The van der Waals surface area contributed by atoms with Gasteiger partial charge in [0, 0.05) is 22.9 Å². The van der Waals surface area contributed by atoms with Crippen molar-refractivity contribution >= 4 is 29.3 Å². The van der Waals surface area contributed by atoms with E-state index in [2.05, 4.69) is 5.32 Å². The molecule has 106 valence electrons. The zero-order valence-electron chi connectivity index (χ0n) is 11.0. The molecule has 1 amide bonds. The summed E-state index contributed by atoms with van der Waals surface area (Å²) in [6, 6.07) is 7.77. The van der Waals surface area contributed by atoms with E-state index in [1.54, 1.807) is 11.8 Å². The van der Waals surface area contributed by atoms with Crippen molar-refractivity contribution < 1.29 is 4.79 Å². The summed E-state index contributed by atoms with van der Waals surface area (Å²) >= 11 is 7.56. The summed E-state index contributed by atoms with van der Waals surface area (Å²) in [7, 11) is 0. The number of halogens is 1. The first kappa shape index (κ1) is 16.3. The largest absolute Gasteiger partial charge is 0.356 e. The summed E-state index contributed by atoms with van der Waals surface area (Å²) in [6.45, 7) is 1.42. The Morgan fingerprint density at radius 2 is 1.95 bits per heavy atom. The molecule has 3 nitrogen and oxygen atoms in total. The molecule has 3 N–H and O–H groups in total. The standard InChI is InChI=1S/C14H21ClN2OS/c15-12-5-7-13(8-6-12)19-11-3-4-14(18)17-10-2-1-9-16/h5-8H,1-4,9-11,16H2,(H,17,18). The molecule has 0 aromatic heterocycles. The van der Waals surface area contributed by atoms with Crippen molar-refractivity contribution in [3.05, 3.63) is 29.3 Å². The van der Waals surface area contributed by atoms with Crippen LogP contribution in [0, 0.1) is 0 Å². The highest BCUT2D eigenvalue weighted by Crippen LogP contribution is 2.21. The van der Waals surface area contributed by atoms with Gasteiger partial charge in [0.2, 0.25) is 5.91 Å². The number of amides is 1. The molecule has 0 radical (unpaired) electrons. The van der Waals surface area contributed by atoms with Gasteiger partial charge in [-0.25, -0.2) is 0 Å². The Balaban J connectivity index is 2.03.